The second-order valence-corrected chi connectivity index (χ2v) is 6.06. The standard InChI is InChI=1S/C18H22FN3O/c1-20-9-3-10-21(13-12-20)18(23)14-17-4-2-11-22(17)16-7-5-15(19)6-8-16/h2,4-8,11H,3,9-10,12-14H2,1H3. The summed E-state index contributed by atoms with van der Waals surface area (Å²) in [6, 6.07) is 10.2. The molecule has 0 spiro atoms. The Kier molecular flexibility index (Phi) is 4.76. The summed E-state index contributed by atoms with van der Waals surface area (Å²) >= 11 is 0. The fourth-order valence-corrected chi connectivity index (χ4v) is 2.98. The maximum atomic E-state index is 13.1. The molecule has 0 unspecified atom stereocenters. The Bertz CT molecular complexity index is 665. The molecule has 0 aliphatic carbocycles. The van der Waals surface area contributed by atoms with Gasteiger partial charge in [0.15, 0.2) is 0 Å². The summed E-state index contributed by atoms with van der Waals surface area (Å²) < 4.78 is 15.0. The molecule has 1 aliphatic rings. The van der Waals surface area contributed by atoms with Crippen molar-refractivity contribution >= 4 is 5.91 Å². The normalized spacial score (nSPS) is 16.3. The molecule has 0 bridgehead atoms. The van der Waals surface area contributed by atoms with Crippen molar-refractivity contribution in [1.29, 1.82) is 0 Å². The maximum absolute atomic E-state index is 13.1. The van der Waals surface area contributed by atoms with Gasteiger partial charge in [0, 0.05) is 37.2 Å². The van der Waals surface area contributed by atoms with Crippen molar-refractivity contribution in [2.24, 2.45) is 0 Å². The van der Waals surface area contributed by atoms with Crippen LogP contribution in [-0.4, -0.2) is 53.5 Å². The number of carbonyl (C=O) groups is 1. The zero-order valence-corrected chi connectivity index (χ0v) is 13.4. The number of hydrogen-bond acceptors (Lipinski definition) is 2. The third-order valence-corrected chi connectivity index (χ3v) is 4.34. The monoisotopic (exact) mass is 315 g/mol. The van der Waals surface area contributed by atoms with Gasteiger partial charge in [0.25, 0.3) is 0 Å². The Balaban J connectivity index is 1.72. The number of hydrogen-bond donors (Lipinski definition) is 0. The van der Waals surface area contributed by atoms with E-state index < -0.39 is 0 Å². The van der Waals surface area contributed by atoms with Crippen molar-refractivity contribution in [3.8, 4) is 5.69 Å². The molecule has 1 aromatic carbocycles. The number of likely N-dealkylation sites (N-methyl/N-ethyl adjacent to an activating group) is 1. The molecule has 1 saturated heterocycles. The van der Waals surface area contributed by atoms with E-state index >= 15 is 0 Å². The van der Waals surface area contributed by atoms with Crippen LogP contribution < -0.4 is 0 Å². The molecular weight excluding hydrogens is 293 g/mol. The zero-order chi connectivity index (χ0) is 16.2. The van der Waals surface area contributed by atoms with E-state index in [1.807, 2.05) is 27.8 Å². The van der Waals surface area contributed by atoms with Gasteiger partial charge in [-0.2, -0.15) is 0 Å². The number of benzene rings is 1. The molecule has 4 nitrogen and oxygen atoms in total. The molecule has 2 aromatic rings. The van der Waals surface area contributed by atoms with Gasteiger partial charge in [-0.1, -0.05) is 0 Å². The molecule has 0 saturated carbocycles. The SMILES string of the molecule is CN1CCCN(C(=O)Cc2cccn2-c2ccc(F)cc2)CC1. The molecule has 23 heavy (non-hydrogen) atoms. The Morgan fingerprint density at radius 3 is 2.65 bits per heavy atom. The minimum Gasteiger partial charge on any atom is -0.341 e. The molecule has 0 N–H and O–H groups in total. The Morgan fingerprint density at radius 1 is 1.09 bits per heavy atom. The first-order chi connectivity index (χ1) is 11.1. The highest BCUT2D eigenvalue weighted by Gasteiger charge is 2.19. The summed E-state index contributed by atoms with van der Waals surface area (Å²) in [5.74, 6) is -0.102. The van der Waals surface area contributed by atoms with Crippen molar-refractivity contribution in [1.82, 2.24) is 14.4 Å². The third kappa shape index (κ3) is 3.79. The van der Waals surface area contributed by atoms with Gasteiger partial charge in [0.2, 0.25) is 5.91 Å². The first-order valence-electron chi connectivity index (χ1n) is 8.02. The molecule has 0 radical (unpaired) electrons. The summed E-state index contributed by atoms with van der Waals surface area (Å²) in [6.07, 6.45) is 3.29. The molecule has 1 fully saturated rings. The summed E-state index contributed by atoms with van der Waals surface area (Å²) in [7, 11) is 2.09. The van der Waals surface area contributed by atoms with Crippen molar-refractivity contribution < 1.29 is 9.18 Å². The minimum absolute atomic E-state index is 0.155. The van der Waals surface area contributed by atoms with Gasteiger partial charge >= 0.3 is 0 Å². The summed E-state index contributed by atoms with van der Waals surface area (Å²) in [4.78, 5) is 16.8. The molecular formula is C18H22FN3O. The van der Waals surface area contributed by atoms with E-state index in [1.165, 1.54) is 12.1 Å². The van der Waals surface area contributed by atoms with Crippen molar-refractivity contribution in [3.05, 3.63) is 54.1 Å². The summed E-state index contributed by atoms with van der Waals surface area (Å²) in [6.45, 7) is 3.56. The molecule has 1 amide bonds. The Morgan fingerprint density at radius 2 is 1.87 bits per heavy atom. The van der Waals surface area contributed by atoms with Crippen LogP contribution in [0, 0.1) is 5.82 Å². The number of aromatic nitrogens is 1. The van der Waals surface area contributed by atoms with Gasteiger partial charge in [-0.25, -0.2) is 4.39 Å². The topological polar surface area (TPSA) is 28.5 Å². The average Bonchev–Trinajstić information content (AvgIpc) is 2.88. The van der Waals surface area contributed by atoms with E-state index in [4.69, 9.17) is 0 Å². The fraction of sp³-hybridized carbons (Fsp3) is 0.389. The van der Waals surface area contributed by atoms with Crippen molar-refractivity contribution in [3.63, 3.8) is 0 Å². The zero-order valence-electron chi connectivity index (χ0n) is 13.4. The number of halogens is 1. The molecule has 2 heterocycles. The predicted octanol–water partition coefficient (Wildman–Crippen LogP) is 2.32. The second-order valence-electron chi connectivity index (χ2n) is 6.06. The lowest BCUT2D eigenvalue weighted by atomic mass is 10.2. The second kappa shape index (κ2) is 6.96. The highest BCUT2D eigenvalue weighted by Crippen LogP contribution is 2.15. The van der Waals surface area contributed by atoms with Gasteiger partial charge in [-0.15, -0.1) is 0 Å². The fourth-order valence-electron chi connectivity index (χ4n) is 2.98. The van der Waals surface area contributed by atoms with Gasteiger partial charge in [-0.05, 0) is 56.4 Å². The van der Waals surface area contributed by atoms with Crippen LogP contribution in [-0.2, 0) is 11.2 Å². The lowest BCUT2D eigenvalue weighted by Crippen LogP contribution is -2.35. The number of amides is 1. The molecule has 3 rings (SSSR count). The van der Waals surface area contributed by atoms with E-state index in [0.717, 1.165) is 44.0 Å². The van der Waals surface area contributed by atoms with Crippen LogP contribution in [0.4, 0.5) is 4.39 Å². The number of nitrogens with zero attached hydrogens (tertiary/aromatic N) is 3. The van der Waals surface area contributed by atoms with Crippen LogP contribution >= 0.6 is 0 Å². The van der Waals surface area contributed by atoms with Crippen LogP contribution in [0.1, 0.15) is 12.1 Å². The van der Waals surface area contributed by atoms with Crippen LogP contribution in [0.15, 0.2) is 42.6 Å². The van der Waals surface area contributed by atoms with Gasteiger partial charge in [0.1, 0.15) is 5.82 Å². The van der Waals surface area contributed by atoms with Crippen LogP contribution in [0.5, 0.6) is 0 Å². The van der Waals surface area contributed by atoms with E-state index in [-0.39, 0.29) is 11.7 Å². The van der Waals surface area contributed by atoms with Crippen LogP contribution in [0.25, 0.3) is 5.69 Å². The van der Waals surface area contributed by atoms with Gasteiger partial charge < -0.3 is 14.4 Å². The lowest BCUT2D eigenvalue weighted by molar-refractivity contribution is -0.130. The molecule has 122 valence electrons. The van der Waals surface area contributed by atoms with Crippen molar-refractivity contribution in [2.45, 2.75) is 12.8 Å². The Labute approximate surface area is 136 Å². The average molecular weight is 315 g/mol. The molecule has 5 heteroatoms. The Hall–Kier alpha value is -2.14. The van der Waals surface area contributed by atoms with E-state index in [1.54, 1.807) is 12.1 Å². The van der Waals surface area contributed by atoms with E-state index in [2.05, 4.69) is 11.9 Å². The van der Waals surface area contributed by atoms with Crippen molar-refractivity contribution in [2.75, 3.05) is 33.2 Å². The van der Waals surface area contributed by atoms with Gasteiger partial charge in [0.05, 0.1) is 6.42 Å². The largest absolute Gasteiger partial charge is 0.341 e. The first-order valence-corrected chi connectivity index (χ1v) is 8.02. The minimum atomic E-state index is -0.257. The molecule has 1 aromatic heterocycles. The first kappa shape index (κ1) is 15.7. The van der Waals surface area contributed by atoms with E-state index in [9.17, 15) is 9.18 Å². The number of carbonyl (C=O) groups excluding carboxylic acids is 1. The highest BCUT2D eigenvalue weighted by molar-refractivity contribution is 5.78. The predicted molar refractivity (Wildman–Crippen MR) is 88.1 cm³/mol. The van der Waals surface area contributed by atoms with E-state index in [0.29, 0.717) is 6.42 Å². The third-order valence-electron chi connectivity index (χ3n) is 4.34. The molecule has 1 aliphatic heterocycles. The van der Waals surface area contributed by atoms with Gasteiger partial charge in [-0.3, -0.25) is 4.79 Å². The lowest BCUT2D eigenvalue weighted by Gasteiger charge is -2.21. The van der Waals surface area contributed by atoms with Crippen LogP contribution in [0.2, 0.25) is 0 Å². The molecule has 0 atom stereocenters. The highest BCUT2D eigenvalue weighted by atomic mass is 19.1. The van der Waals surface area contributed by atoms with Crippen LogP contribution in [0.3, 0.4) is 0 Å². The maximum Gasteiger partial charge on any atom is 0.228 e. The quantitative estimate of drug-likeness (QED) is 0.870. The summed E-state index contributed by atoms with van der Waals surface area (Å²) in [5.41, 5.74) is 1.80. The number of rotatable bonds is 3. The summed E-state index contributed by atoms with van der Waals surface area (Å²) in [5, 5.41) is 0. The smallest absolute Gasteiger partial charge is 0.228 e.